The number of likely N-dealkylation sites (N-methyl/N-ethyl adjacent to an activating group) is 1. The van der Waals surface area contributed by atoms with Crippen molar-refractivity contribution in [1.29, 1.82) is 0 Å². The van der Waals surface area contributed by atoms with Crippen LogP contribution in [-0.2, 0) is 14.2 Å². The van der Waals surface area contributed by atoms with Crippen LogP contribution in [0.15, 0.2) is 12.7 Å². The summed E-state index contributed by atoms with van der Waals surface area (Å²) in [6.45, 7) is 5.42. The Kier molecular flexibility index (Phi) is 4.77. The van der Waals surface area contributed by atoms with Crippen molar-refractivity contribution in [3.8, 4) is 0 Å². The molecular weight excluding hydrogens is 352 g/mol. The highest BCUT2D eigenvalue weighted by Crippen LogP contribution is 2.43. The first-order chi connectivity index (χ1) is 12.9. The van der Waals surface area contributed by atoms with E-state index in [9.17, 15) is 0 Å². The van der Waals surface area contributed by atoms with E-state index < -0.39 is 12.0 Å². The van der Waals surface area contributed by atoms with Gasteiger partial charge in [0.1, 0.15) is 30.2 Å². The fourth-order valence-electron chi connectivity index (χ4n) is 3.83. The summed E-state index contributed by atoms with van der Waals surface area (Å²) in [5.41, 5.74) is 7.05. The zero-order chi connectivity index (χ0) is 19.2. The molecule has 2 aromatic rings. The third-order valence-electron chi connectivity index (χ3n) is 4.98. The van der Waals surface area contributed by atoms with Gasteiger partial charge in [-0.2, -0.15) is 0 Å². The number of fused-ring (bicyclic) bond motifs is 2. The molecule has 4 heterocycles. The Morgan fingerprint density at radius 3 is 2.81 bits per heavy atom. The second-order valence-electron chi connectivity index (χ2n) is 7.55. The van der Waals surface area contributed by atoms with Gasteiger partial charge in [0.25, 0.3) is 0 Å². The first-order valence-electron chi connectivity index (χ1n) is 9.13. The molecule has 0 saturated carbocycles. The van der Waals surface area contributed by atoms with Crippen LogP contribution in [0.4, 0.5) is 5.82 Å². The summed E-state index contributed by atoms with van der Waals surface area (Å²) in [5, 5.41) is 9.05. The Balaban J connectivity index is 1.62. The van der Waals surface area contributed by atoms with Gasteiger partial charge in [0.15, 0.2) is 23.5 Å². The molecule has 10 nitrogen and oxygen atoms in total. The lowest BCUT2D eigenvalue weighted by Gasteiger charge is -2.27. The highest BCUT2D eigenvalue weighted by molar-refractivity contribution is 5.81. The lowest BCUT2D eigenvalue weighted by molar-refractivity contribution is -0.197. The van der Waals surface area contributed by atoms with Crippen LogP contribution in [0.3, 0.4) is 0 Å². The molecule has 0 amide bonds. The molecular formula is C17H26N6O4. The largest absolute Gasteiger partial charge is 0.396 e. The molecule has 2 saturated heterocycles. The van der Waals surface area contributed by atoms with Gasteiger partial charge in [-0.15, -0.1) is 0 Å². The van der Waals surface area contributed by atoms with E-state index in [2.05, 4.69) is 19.9 Å². The van der Waals surface area contributed by atoms with Gasteiger partial charge in [0.05, 0.1) is 6.33 Å². The Morgan fingerprint density at radius 1 is 1.26 bits per heavy atom. The highest BCUT2D eigenvalue weighted by Gasteiger charge is 2.56. The number of aliphatic hydroxyl groups excluding tert-OH is 1. The predicted molar refractivity (Wildman–Crippen MR) is 96.7 cm³/mol. The van der Waals surface area contributed by atoms with Crippen LogP contribution >= 0.6 is 0 Å². The van der Waals surface area contributed by atoms with Crippen molar-refractivity contribution < 1.29 is 19.3 Å². The third-order valence-corrected chi connectivity index (χ3v) is 4.98. The maximum Gasteiger partial charge on any atom is 0.167 e. The summed E-state index contributed by atoms with van der Waals surface area (Å²) >= 11 is 0. The van der Waals surface area contributed by atoms with Gasteiger partial charge in [-0.05, 0) is 27.3 Å². The van der Waals surface area contributed by atoms with Gasteiger partial charge in [0.2, 0.25) is 0 Å². The van der Waals surface area contributed by atoms with Crippen LogP contribution in [0.5, 0.6) is 0 Å². The summed E-state index contributed by atoms with van der Waals surface area (Å²) in [6.07, 6.45) is 2.69. The van der Waals surface area contributed by atoms with Gasteiger partial charge < -0.3 is 30.0 Å². The smallest absolute Gasteiger partial charge is 0.167 e. The number of hydrogen-bond donors (Lipinski definition) is 2. The number of aliphatic hydroxyl groups is 1. The van der Waals surface area contributed by atoms with E-state index in [0.717, 1.165) is 6.54 Å². The quantitative estimate of drug-likeness (QED) is 0.723. The Morgan fingerprint density at radius 2 is 2.04 bits per heavy atom. The molecule has 0 aromatic carbocycles. The number of imidazole rings is 1. The molecule has 3 N–H and O–H groups in total. The zero-order valence-electron chi connectivity index (χ0n) is 15.8. The molecule has 0 aliphatic carbocycles. The number of hydrogen-bond acceptors (Lipinski definition) is 9. The molecule has 2 aliphatic rings. The van der Waals surface area contributed by atoms with E-state index in [1.165, 1.54) is 6.33 Å². The van der Waals surface area contributed by atoms with Crippen molar-refractivity contribution in [3.05, 3.63) is 12.7 Å². The minimum atomic E-state index is -0.691. The van der Waals surface area contributed by atoms with Gasteiger partial charge in [-0.25, -0.2) is 15.0 Å². The average molecular weight is 378 g/mol. The van der Waals surface area contributed by atoms with Gasteiger partial charge in [-0.3, -0.25) is 4.57 Å². The van der Waals surface area contributed by atoms with Crippen LogP contribution in [-0.4, -0.2) is 80.4 Å². The molecule has 2 aliphatic heterocycles. The first kappa shape index (κ1) is 18.5. The van der Waals surface area contributed by atoms with Crippen LogP contribution in [0.2, 0.25) is 0 Å². The number of nitrogens with two attached hydrogens (primary N) is 1. The Hall–Kier alpha value is -1.85. The number of rotatable bonds is 6. The lowest BCUT2D eigenvalue weighted by atomic mass is 10.1. The van der Waals surface area contributed by atoms with E-state index in [0.29, 0.717) is 29.9 Å². The second kappa shape index (κ2) is 6.95. The number of anilines is 1. The Labute approximate surface area is 157 Å². The SMILES string of the molecule is CN(CCCO)C[C@H]1O[C@@H](n2cnc3c(N)ncnc32)[C@@H]2OC(C)(C)O[C@@H]21. The van der Waals surface area contributed by atoms with E-state index in [4.69, 9.17) is 25.1 Å². The molecule has 10 heteroatoms. The van der Waals surface area contributed by atoms with Crippen molar-refractivity contribution in [1.82, 2.24) is 24.4 Å². The highest BCUT2D eigenvalue weighted by atomic mass is 16.8. The molecule has 2 aromatic heterocycles. The fourth-order valence-corrected chi connectivity index (χ4v) is 3.83. The minimum Gasteiger partial charge on any atom is -0.396 e. The predicted octanol–water partition coefficient (Wildman–Crippen LogP) is 0.140. The van der Waals surface area contributed by atoms with Crippen molar-refractivity contribution in [2.45, 2.75) is 50.6 Å². The summed E-state index contributed by atoms with van der Waals surface area (Å²) in [7, 11) is 2.00. The monoisotopic (exact) mass is 378 g/mol. The molecule has 4 rings (SSSR count). The van der Waals surface area contributed by atoms with Gasteiger partial charge in [0, 0.05) is 19.7 Å². The first-order valence-corrected chi connectivity index (χ1v) is 9.13. The van der Waals surface area contributed by atoms with Crippen molar-refractivity contribution in [2.24, 2.45) is 0 Å². The third kappa shape index (κ3) is 3.39. The van der Waals surface area contributed by atoms with E-state index in [-0.39, 0.29) is 24.9 Å². The zero-order valence-corrected chi connectivity index (χ0v) is 15.8. The molecule has 0 unspecified atom stereocenters. The van der Waals surface area contributed by atoms with Crippen LogP contribution in [0, 0.1) is 0 Å². The molecule has 2 fully saturated rings. The Bertz CT molecular complexity index is 812. The van der Waals surface area contributed by atoms with E-state index in [1.807, 2.05) is 25.5 Å². The molecule has 0 spiro atoms. The van der Waals surface area contributed by atoms with E-state index in [1.54, 1.807) is 6.33 Å². The maximum absolute atomic E-state index is 9.05. The van der Waals surface area contributed by atoms with Gasteiger partial charge in [-0.1, -0.05) is 0 Å². The van der Waals surface area contributed by atoms with E-state index >= 15 is 0 Å². The van der Waals surface area contributed by atoms with Crippen LogP contribution in [0.25, 0.3) is 11.2 Å². The summed E-state index contributed by atoms with van der Waals surface area (Å²) in [6, 6.07) is 0. The summed E-state index contributed by atoms with van der Waals surface area (Å²) < 4.78 is 20.5. The normalized spacial score (nSPS) is 29.7. The summed E-state index contributed by atoms with van der Waals surface area (Å²) in [4.78, 5) is 14.8. The van der Waals surface area contributed by atoms with Crippen LogP contribution in [0.1, 0.15) is 26.5 Å². The molecule has 148 valence electrons. The molecule has 4 atom stereocenters. The summed E-state index contributed by atoms with van der Waals surface area (Å²) in [5.74, 6) is -0.360. The van der Waals surface area contributed by atoms with Crippen LogP contribution < -0.4 is 5.73 Å². The number of nitrogen functional groups attached to an aromatic ring is 1. The van der Waals surface area contributed by atoms with Crippen molar-refractivity contribution in [3.63, 3.8) is 0 Å². The second-order valence-corrected chi connectivity index (χ2v) is 7.55. The fraction of sp³-hybridized carbons (Fsp3) is 0.706. The van der Waals surface area contributed by atoms with Crippen molar-refractivity contribution >= 4 is 17.0 Å². The molecule has 27 heavy (non-hydrogen) atoms. The van der Waals surface area contributed by atoms with Crippen molar-refractivity contribution in [2.75, 3.05) is 32.5 Å². The number of nitrogens with zero attached hydrogens (tertiary/aromatic N) is 5. The molecule has 0 radical (unpaired) electrons. The lowest BCUT2D eigenvalue weighted by Crippen LogP contribution is -2.39. The average Bonchev–Trinajstić information content (AvgIpc) is 3.26. The minimum absolute atomic E-state index is 0.166. The topological polar surface area (TPSA) is 121 Å². The maximum atomic E-state index is 9.05. The van der Waals surface area contributed by atoms with Gasteiger partial charge >= 0.3 is 0 Å². The molecule has 0 bridgehead atoms. The number of ether oxygens (including phenoxy) is 3. The standard InChI is InChI=1S/C17H26N6O4/c1-17(2)26-12-10(7-22(3)5-4-6-24)25-16(13(12)27-17)23-9-21-11-14(18)19-8-20-15(11)23/h8-10,12-13,16,24H,4-7H2,1-3H3,(H2,18,19,20)/t10-,12-,13-,16-/m1/s1. The number of aromatic nitrogens is 4.